The van der Waals surface area contributed by atoms with Gasteiger partial charge in [0.05, 0.1) is 18.2 Å². The Balaban J connectivity index is 1.98. The summed E-state index contributed by atoms with van der Waals surface area (Å²) in [6.45, 7) is 10.4. The fourth-order valence-electron chi connectivity index (χ4n) is 3.41. The number of nitrogens with one attached hydrogen (secondary N) is 1. The Bertz CT molecular complexity index is 549. The van der Waals surface area contributed by atoms with Gasteiger partial charge in [-0.15, -0.1) is 0 Å². The first kappa shape index (κ1) is 19.7. The van der Waals surface area contributed by atoms with Crippen molar-refractivity contribution in [1.82, 2.24) is 15.2 Å². The van der Waals surface area contributed by atoms with Gasteiger partial charge in [0.15, 0.2) is 0 Å². The molecule has 1 amide bonds. The van der Waals surface area contributed by atoms with E-state index in [0.29, 0.717) is 6.54 Å². The molecule has 25 heavy (non-hydrogen) atoms. The van der Waals surface area contributed by atoms with E-state index in [1.54, 1.807) is 0 Å². The minimum Gasteiger partial charge on any atom is -0.373 e. The summed E-state index contributed by atoms with van der Waals surface area (Å²) >= 11 is 0. The molecule has 3 unspecified atom stereocenters. The van der Waals surface area contributed by atoms with Crippen molar-refractivity contribution >= 4 is 11.7 Å². The fraction of sp³-hybridized carbons (Fsp3) is 0.684. The molecule has 1 fully saturated rings. The van der Waals surface area contributed by atoms with Crippen LogP contribution in [0.5, 0.6) is 0 Å². The Kier molecular flexibility index (Phi) is 6.79. The van der Waals surface area contributed by atoms with E-state index in [-0.39, 0.29) is 30.1 Å². The highest BCUT2D eigenvalue weighted by atomic mass is 16.5. The standard InChI is InChI=1S/C19H32N4O2/c1-13(2)18(23-11-14(3)25-15(4)12-23)19(24)21-10-16-7-8-17(20-9-16)22(5)6/h7-9,13-15,18H,10-12H2,1-6H3,(H,21,24). The van der Waals surface area contributed by atoms with Gasteiger partial charge in [0, 0.05) is 39.9 Å². The smallest absolute Gasteiger partial charge is 0.237 e. The predicted molar refractivity (Wildman–Crippen MR) is 101 cm³/mol. The van der Waals surface area contributed by atoms with Gasteiger partial charge in [0.1, 0.15) is 5.82 Å². The predicted octanol–water partition coefficient (Wildman–Crippen LogP) is 1.90. The molecule has 2 heterocycles. The summed E-state index contributed by atoms with van der Waals surface area (Å²) in [6.07, 6.45) is 2.12. The molecule has 1 aliphatic rings. The summed E-state index contributed by atoms with van der Waals surface area (Å²) in [6, 6.07) is 3.83. The molecule has 0 aliphatic carbocycles. The van der Waals surface area contributed by atoms with Crippen molar-refractivity contribution in [2.45, 2.75) is 52.5 Å². The Morgan fingerprint density at radius 1 is 1.32 bits per heavy atom. The van der Waals surface area contributed by atoms with Crippen molar-refractivity contribution in [3.8, 4) is 0 Å². The lowest BCUT2D eigenvalue weighted by Crippen LogP contribution is -2.56. The zero-order valence-electron chi connectivity index (χ0n) is 16.3. The normalized spacial score (nSPS) is 22.7. The Morgan fingerprint density at radius 3 is 2.44 bits per heavy atom. The fourth-order valence-corrected chi connectivity index (χ4v) is 3.41. The van der Waals surface area contributed by atoms with E-state index in [4.69, 9.17) is 4.74 Å². The van der Waals surface area contributed by atoms with Gasteiger partial charge in [-0.25, -0.2) is 4.98 Å². The molecule has 3 atom stereocenters. The number of aromatic nitrogens is 1. The van der Waals surface area contributed by atoms with Gasteiger partial charge >= 0.3 is 0 Å². The van der Waals surface area contributed by atoms with Crippen LogP contribution in [0, 0.1) is 5.92 Å². The molecule has 1 aromatic heterocycles. The van der Waals surface area contributed by atoms with Crippen LogP contribution >= 0.6 is 0 Å². The van der Waals surface area contributed by atoms with Crippen LogP contribution in [0.2, 0.25) is 0 Å². The number of ether oxygens (including phenoxy) is 1. The van der Waals surface area contributed by atoms with Crippen LogP contribution in [0.1, 0.15) is 33.3 Å². The van der Waals surface area contributed by atoms with E-state index in [0.717, 1.165) is 24.5 Å². The first-order chi connectivity index (χ1) is 11.8. The number of carbonyl (C=O) groups excluding carboxylic acids is 1. The third-order valence-corrected chi connectivity index (χ3v) is 4.48. The molecule has 0 radical (unpaired) electrons. The van der Waals surface area contributed by atoms with Crippen molar-refractivity contribution < 1.29 is 9.53 Å². The molecule has 140 valence electrons. The maximum absolute atomic E-state index is 12.8. The van der Waals surface area contributed by atoms with Crippen molar-refractivity contribution in [2.75, 3.05) is 32.1 Å². The van der Waals surface area contributed by atoms with Crippen LogP contribution < -0.4 is 10.2 Å². The summed E-state index contributed by atoms with van der Waals surface area (Å²) in [7, 11) is 3.92. The van der Waals surface area contributed by atoms with E-state index >= 15 is 0 Å². The van der Waals surface area contributed by atoms with Crippen molar-refractivity contribution in [3.63, 3.8) is 0 Å². The third kappa shape index (κ3) is 5.41. The van der Waals surface area contributed by atoms with Crippen LogP contribution in [-0.4, -0.2) is 61.2 Å². The second-order valence-electron chi connectivity index (χ2n) is 7.54. The van der Waals surface area contributed by atoms with Gasteiger partial charge in [-0.3, -0.25) is 9.69 Å². The number of carbonyl (C=O) groups is 1. The molecule has 2 rings (SSSR count). The number of morpholine rings is 1. The largest absolute Gasteiger partial charge is 0.373 e. The maximum atomic E-state index is 12.8. The third-order valence-electron chi connectivity index (χ3n) is 4.48. The van der Waals surface area contributed by atoms with E-state index in [1.807, 2.05) is 37.3 Å². The van der Waals surface area contributed by atoms with Gasteiger partial charge in [-0.05, 0) is 31.4 Å². The lowest BCUT2D eigenvalue weighted by molar-refractivity contribution is -0.135. The minimum absolute atomic E-state index is 0.0768. The molecule has 6 heteroatoms. The maximum Gasteiger partial charge on any atom is 0.237 e. The first-order valence-electron chi connectivity index (χ1n) is 9.07. The highest BCUT2D eigenvalue weighted by Gasteiger charge is 2.33. The number of hydrogen-bond acceptors (Lipinski definition) is 5. The monoisotopic (exact) mass is 348 g/mol. The number of rotatable bonds is 6. The molecule has 0 spiro atoms. The minimum atomic E-state index is -0.136. The van der Waals surface area contributed by atoms with Crippen LogP contribution in [-0.2, 0) is 16.1 Å². The van der Waals surface area contributed by atoms with E-state index in [9.17, 15) is 4.79 Å². The Morgan fingerprint density at radius 2 is 1.96 bits per heavy atom. The summed E-state index contributed by atoms with van der Waals surface area (Å²) in [5, 5.41) is 3.08. The van der Waals surface area contributed by atoms with Crippen LogP contribution in [0.25, 0.3) is 0 Å². The quantitative estimate of drug-likeness (QED) is 0.851. The SMILES string of the molecule is CC1CN(C(C(=O)NCc2ccc(N(C)C)nc2)C(C)C)CC(C)O1. The first-order valence-corrected chi connectivity index (χ1v) is 9.07. The molecule has 0 bridgehead atoms. The topological polar surface area (TPSA) is 57.7 Å². The number of hydrogen-bond donors (Lipinski definition) is 1. The second-order valence-corrected chi connectivity index (χ2v) is 7.54. The van der Waals surface area contributed by atoms with E-state index in [2.05, 4.69) is 42.9 Å². The van der Waals surface area contributed by atoms with Gasteiger partial charge < -0.3 is 15.0 Å². The summed E-state index contributed by atoms with van der Waals surface area (Å²) < 4.78 is 5.80. The molecule has 1 aromatic rings. The molecule has 0 aromatic carbocycles. The second kappa shape index (κ2) is 8.63. The molecule has 1 aliphatic heterocycles. The van der Waals surface area contributed by atoms with Gasteiger partial charge in [-0.1, -0.05) is 19.9 Å². The highest BCUT2D eigenvalue weighted by Crippen LogP contribution is 2.19. The molecular formula is C19H32N4O2. The molecule has 1 N–H and O–H groups in total. The lowest BCUT2D eigenvalue weighted by Gasteiger charge is -2.41. The number of nitrogens with zero attached hydrogens (tertiary/aromatic N) is 3. The zero-order valence-corrected chi connectivity index (χ0v) is 16.3. The number of amides is 1. The number of pyridine rings is 1. The molecule has 6 nitrogen and oxygen atoms in total. The summed E-state index contributed by atoms with van der Waals surface area (Å²) in [5.41, 5.74) is 1.00. The van der Waals surface area contributed by atoms with Crippen molar-refractivity contribution in [3.05, 3.63) is 23.9 Å². The summed E-state index contributed by atoms with van der Waals surface area (Å²) in [5.74, 6) is 1.23. The van der Waals surface area contributed by atoms with E-state index in [1.165, 1.54) is 0 Å². The van der Waals surface area contributed by atoms with Crippen LogP contribution in [0.4, 0.5) is 5.82 Å². The molecule has 0 saturated carbocycles. The van der Waals surface area contributed by atoms with Crippen LogP contribution in [0.15, 0.2) is 18.3 Å². The lowest BCUT2D eigenvalue weighted by atomic mass is 9.99. The van der Waals surface area contributed by atoms with Gasteiger partial charge in [0.2, 0.25) is 5.91 Å². The average molecular weight is 348 g/mol. The van der Waals surface area contributed by atoms with Crippen molar-refractivity contribution in [2.24, 2.45) is 5.92 Å². The Labute approximate surface area is 151 Å². The molecule has 1 saturated heterocycles. The number of anilines is 1. The highest BCUT2D eigenvalue weighted by molar-refractivity contribution is 5.82. The van der Waals surface area contributed by atoms with Crippen LogP contribution in [0.3, 0.4) is 0 Å². The van der Waals surface area contributed by atoms with Crippen molar-refractivity contribution in [1.29, 1.82) is 0 Å². The molecular weight excluding hydrogens is 316 g/mol. The van der Waals surface area contributed by atoms with Gasteiger partial charge in [-0.2, -0.15) is 0 Å². The van der Waals surface area contributed by atoms with E-state index < -0.39 is 0 Å². The average Bonchev–Trinajstić information content (AvgIpc) is 2.52. The Hall–Kier alpha value is -1.66. The van der Waals surface area contributed by atoms with Gasteiger partial charge in [0.25, 0.3) is 0 Å². The zero-order chi connectivity index (χ0) is 18.6. The summed E-state index contributed by atoms with van der Waals surface area (Å²) in [4.78, 5) is 21.4.